The van der Waals surface area contributed by atoms with E-state index in [2.05, 4.69) is 9.46 Å². The summed E-state index contributed by atoms with van der Waals surface area (Å²) >= 11 is 6.03. The van der Waals surface area contributed by atoms with Crippen molar-refractivity contribution in [1.29, 1.82) is 0 Å². The smallest absolute Gasteiger partial charge is 0.337 e. The number of sulfonamides is 1. The number of ether oxygens (including phenoxy) is 1. The molecule has 0 unspecified atom stereocenters. The predicted octanol–water partition coefficient (Wildman–Crippen LogP) is 2.67. The summed E-state index contributed by atoms with van der Waals surface area (Å²) in [7, 11) is 1.21. The Kier molecular flexibility index (Phi) is 6.77. The van der Waals surface area contributed by atoms with Crippen LogP contribution in [-0.2, 0) is 27.8 Å². The number of carbonyl (C=O) groups is 1. The number of hydrogen-bond acceptors (Lipinski definition) is 5. The molecule has 0 saturated heterocycles. The number of nitrogens with zero attached hydrogens (tertiary/aromatic N) is 1. The molecule has 0 amide bonds. The zero-order valence-electron chi connectivity index (χ0n) is 14.8. The maximum atomic E-state index is 12.7. The standard InChI is InChI=1S/C18H21ClN2O4S/c1-21(2)12-15-7-5-4-6-14(15)11-20-26(23,24)17-10-13(18(22)25-3)8-9-16(17)19/h4-10,20H,11-12H2,1-3H3. The fourth-order valence-electron chi connectivity index (χ4n) is 2.43. The molecule has 2 aromatic carbocycles. The zero-order chi connectivity index (χ0) is 19.3. The molecule has 26 heavy (non-hydrogen) atoms. The van der Waals surface area contributed by atoms with Crippen LogP contribution in [0.15, 0.2) is 47.4 Å². The Balaban J connectivity index is 2.26. The van der Waals surface area contributed by atoms with Crippen LogP contribution in [-0.4, -0.2) is 40.5 Å². The third-order valence-electron chi connectivity index (χ3n) is 3.70. The van der Waals surface area contributed by atoms with Crippen molar-refractivity contribution in [2.75, 3.05) is 21.2 Å². The summed E-state index contributed by atoms with van der Waals surface area (Å²) < 4.78 is 32.5. The minimum absolute atomic E-state index is 0.0340. The quantitative estimate of drug-likeness (QED) is 0.728. The molecule has 0 fully saturated rings. The van der Waals surface area contributed by atoms with Gasteiger partial charge in [-0.2, -0.15) is 0 Å². The van der Waals surface area contributed by atoms with E-state index < -0.39 is 16.0 Å². The highest BCUT2D eigenvalue weighted by Gasteiger charge is 2.20. The molecule has 0 aliphatic carbocycles. The molecule has 2 rings (SSSR count). The molecule has 8 heteroatoms. The van der Waals surface area contributed by atoms with Crippen LogP contribution in [0.1, 0.15) is 21.5 Å². The normalized spacial score (nSPS) is 11.6. The van der Waals surface area contributed by atoms with Crippen LogP contribution in [0.5, 0.6) is 0 Å². The fourth-order valence-corrected chi connectivity index (χ4v) is 3.96. The van der Waals surface area contributed by atoms with Crippen molar-refractivity contribution in [2.45, 2.75) is 18.0 Å². The maximum Gasteiger partial charge on any atom is 0.337 e. The second kappa shape index (κ2) is 8.64. The van der Waals surface area contributed by atoms with E-state index in [1.54, 1.807) is 0 Å². The minimum atomic E-state index is -3.90. The van der Waals surface area contributed by atoms with E-state index in [4.69, 9.17) is 11.6 Å². The summed E-state index contributed by atoms with van der Waals surface area (Å²) in [6, 6.07) is 11.6. The summed E-state index contributed by atoms with van der Waals surface area (Å²) in [5.74, 6) is -0.630. The Bertz CT molecular complexity index is 898. The van der Waals surface area contributed by atoms with Gasteiger partial charge in [0.1, 0.15) is 4.90 Å². The molecule has 0 aliphatic heterocycles. The number of esters is 1. The van der Waals surface area contributed by atoms with Crippen molar-refractivity contribution in [2.24, 2.45) is 0 Å². The van der Waals surface area contributed by atoms with Gasteiger partial charge >= 0.3 is 5.97 Å². The summed E-state index contributed by atoms with van der Waals surface area (Å²) in [5.41, 5.74) is 2.00. The van der Waals surface area contributed by atoms with E-state index in [0.29, 0.717) is 6.54 Å². The molecule has 1 N–H and O–H groups in total. The van der Waals surface area contributed by atoms with Crippen LogP contribution in [0.3, 0.4) is 0 Å². The van der Waals surface area contributed by atoms with Crippen molar-refractivity contribution in [3.63, 3.8) is 0 Å². The molecule has 0 spiro atoms. The number of nitrogens with one attached hydrogen (secondary N) is 1. The van der Waals surface area contributed by atoms with Crippen LogP contribution >= 0.6 is 11.6 Å². The summed E-state index contributed by atoms with van der Waals surface area (Å²) in [5, 5.41) is 0.0340. The van der Waals surface area contributed by atoms with Gasteiger partial charge in [0, 0.05) is 13.1 Å². The molecule has 6 nitrogen and oxygen atoms in total. The number of benzene rings is 2. The van der Waals surface area contributed by atoms with Crippen LogP contribution in [0.2, 0.25) is 5.02 Å². The third kappa shape index (κ3) is 5.04. The first kappa shape index (κ1) is 20.4. The summed E-state index contributed by atoms with van der Waals surface area (Å²) in [4.78, 5) is 13.5. The maximum absolute atomic E-state index is 12.7. The Labute approximate surface area is 158 Å². The lowest BCUT2D eigenvalue weighted by Crippen LogP contribution is -2.25. The van der Waals surface area contributed by atoms with Gasteiger partial charge in [-0.25, -0.2) is 17.9 Å². The number of halogens is 1. The Hall–Kier alpha value is -1.93. The molecule has 0 aliphatic rings. The average Bonchev–Trinajstić information content (AvgIpc) is 2.60. The van der Waals surface area contributed by atoms with Gasteiger partial charge in [-0.1, -0.05) is 35.9 Å². The molecule has 140 valence electrons. The summed E-state index contributed by atoms with van der Waals surface area (Å²) in [6.07, 6.45) is 0. The van der Waals surface area contributed by atoms with Crippen LogP contribution in [0, 0.1) is 0 Å². The molecular formula is C18H21ClN2O4S. The lowest BCUT2D eigenvalue weighted by molar-refractivity contribution is 0.0600. The molecule has 2 aromatic rings. The number of methoxy groups -OCH3 is 1. The fraction of sp³-hybridized carbons (Fsp3) is 0.278. The number of rotatable bonds is 7. The highest BCUT2D eigenvalue weighted by atomic mass is 35.5. The zero-order valence-corrected chi connectivity index (χ0v) is 16.4. The monoisotopic (exact) mass is 396 g/mol. The van der Waals surface area contributed by atoms with Gasteiger partial charge in [-0.05, 0) is 43.4 Å². The van der Waals surface area contributed by atoms with Gasteiger partial charge < -0.3 is 9.64 Å². The highest BCUT2D eigenvalue weighted by molar-refractivity contribution is 7.89. The third-order valence-corrected chi connectivity index (χ3v) is 5.58. The van der Waals surface area contributed by atoms with Crippen LogP contribution < -0.4 is 4.72 Å². The largest absolute Gasteiger partial charge is 0.465 e. The van der Waals surface area contributed by atoms with Gasteiger partial charge in [-0.15, -0.1) is 0 Å². The van der Waals surface area contributed by atoms with Crippen LogP contribution in [0.25, 0.3) is 0 Å². The predicted molar refractivity (Wildman–Crippen MR) is 101 cm³/mol. The van der Waals surface area contributed by atoms with Gasteiger partial charge in [0.25, 0.3) is 0 Å². The van der Waals surface area contributed by atoms with Crippen molar-refractivity contribution < 1.29 is 17.9 Å². The topological polar surface area (TPSA) is 75.7 Å². The van der Waals surface area contributed by atoms with E-state index in [-0.39, 0.29) is 22.0 Å². The van der Waals surface area contributed by atoms with Crippen molar-refractivity contribution in [3.05, 3.63) is 64.2 Å². The van der Waals surface area contributed by atoms with Gasteiger partial charge in [-0.3, -0.25) is 0 Å². The van der Waals surface area contributed by atoms with E-state index in [1.807, 2.05) is 43.3 Å². The summed E-state index contributed by atoms with van der Waals surface area (Å²) in [6.45, 7) is 0.807. The molecule has 0 atom stereocenters. The average molecular weight is 397 g/mol. The molecular weight excluding hydrogens is 376 g/mol. The van der Waals surface area contributed by atoms with E-state index in [9.17, 15) is 13.2 Å². The lowest BCUT2D eigenvalue weighted by Gasteiger charge is -2.15. The van der Waals surface area contributed by atoms with Crippen LogP contribution in [0.4, 0.5) is 0 Å². The van der Waals surface area contributed by atoms with Crippen molar-refractivity contribution >= 4 is 27.6 Å². The molecule has 0 aromatic heterocycles. The van der Waals surface area contributed by atoms with Gasteiger partial charge in [0.2, 0.25) is 10.0 Å². The molecule has 0 bridgehead atoms. The second-order valence-electron chi connectivity index (χ2n) is 5.97. The van der Waals surface area contributed by atoms with E-state index in [0.717, 1.165) is 11.1 Å². The number of hydrogen-bond donors (Lipinski definition) is 1. The lowest BCUT2D eigenvalue weighted by atomic mass is 10.1. The Morgan fingerprint density at radius 1 is 1.15 bits per heavy atom. The first-order valence-electron chi connectivity index (χ1n) is 7.83. The Morgan fingerprint density at radius 3 is 2.42 bits per heavy atom. The van der Waals surface area contributed by atoms with Crippen molar-refractivity contribution in [1.82, 2.24) is 9.62 Å². The van der Waals surface area contributed by atoms with E-state index >= 15 is 0 Å². The first-order valence-corrected chi connectivity index (χ1v) is 9.69. The minimum Gasteiger partial charge on any atom is -0.465 e. The molecule has 0 radical (unpaired) electrons. The first-order chi connectivity index (χ1) is 12.2. The van der Waals surface area contributed by atoms with Crippen molar-refractivity contribution in [3.8, 4) is 0 Å². The number of carbonyl (C=O) groups excluding carboxylic acids is 1. The van der Waals surface area contributed by atoms with Gasteiger partial charge in [0.15, 0.2) is 0 Å². The van der Waals surface area contributed by atoms with E-state index in [1.165, 1.54) is 25.3 Å². The molecule has 0 heterocycles. The highest BCUT2D eigenvalue weighted by Crippen LogP contribution is 2.23. The molecule has 0 saturated carbocycles. The van der Waals surface area contributed by atoms with Gasteiger partial charge in [0.05, 0.1) is 17.7 Å². The Morgan fingerprint density at radius 2 is 1.81 bits per heavy atom. The SMILES string of the molecule is COC(=O)c1ccc(Cl)c(S(=O)(=O)NCc2ccccc2CN(C)C)c1. The second-order valence-corrected chi connectivity index (χ2v) is 8.11.